The van der Waals surface area contributed by atoms with Gasteiger partial charge in [-0.2, -0.15) is 0 Å². The molecule has 0 radical (unpaired) electrons. The smallest absolute Gasteiger partial charge is 0.119 e. The average Bonchev–Trinajstić information content (AvgIpc) is 2.35. The number of hydrogen-bond donors (Lipinski definition) is 2. The van der Waals surface area contributed by atoms with Gasteiger partial charge in [0.25, 0.3) is 0 Å². The molecule has 0 bridgehead atoms. The molecule has 3 nitrogen and oxygen atoms in total. The summed E-state index contributed by atoms with van der Waals surface area (Å²) in [7, 11) is 1.66. The molecule has 0 amide bonds. The first-order valence-corrected chi connectivity index (χ1v) is 5.46. The average molecular weight is 228 g/mol. The SMILES string of the molecule is COc1ccc(Nc2ccc(C)c(N)c2)cc1. The number of anilines is 3. The number of nitrogens with two attached hydrogens (primary N) is 1. The lowest BCUT2D eigenvalue weighted by atomic mass is 10.2. The molecule has 0 fully saturated rings. The van der Waals surface area contributed by atoms with Crippen LogP contribution in [0.2, 0.25) is 0 Å². The predicted octanol–water partition coefficient (Wildman–Crippen LogP) is 3.33. The van der Waals surface area contributed by atoms with Gasteiger partial charge in [0.05, 0.1) is 7.11 Å². The van der Waals surface area contributed by atoms with E-state index in [0.717, 1.165) is 28.4 Å². The van der Waals surface area contributed by atoms with Gasteiger partial charge in [-0.05, 0) is 48.9 Å². The molecule has 2 rings (SSSR count). The first kappa shape index (κ1) is 11.3. The minimum Gasteiger partial charge on any atom is -0.497 e. The van der Waals surface area contributed by atoms with Crippen LogP contribution < -0.4 is 15.8 Å². The largest absolute Gasteiger partial charge is 0.497 e. The summed E-state index contributed by atoms with van der Waals surface area (Å²) < 4.78 is 5.11. The second-order valence-electron chi connectivity index (χ2n) is 3.92. The minimum atomic E-state index is 0.795. The molecule has 17 heavy (non-hydrogen) atoms. The molecule has 0 aromatic heterocycles. The summed E-state index contributed by atoms with van der Waals surface area (Å²) in [5.74, 6) is 0.846. The maximum Gasteiger partial charge on any atom is 0.119 e. The van der Waals surface area contributed by atoms with Crippen molar-refractivity contribution in [3.8, 4) is 5.75 Å². The van der Waals surface area contributed by atoms with Gasteiger partial charge in [0, 0.05) is 17.1 Å². The van der Waals surface area contributed by atoms with Crippen molar-refractivity contribution in [2.75, 3.05) is 18.2 Å². The summed E-state index contributed by atoms with van der Waals surface area (Å²) in [4.78, 5) is 0. The van der Waals surface area contributed by atoms with E-state index in [1.165, 1.54) is 0 Å². The molecule has 0 saturated heterocycles. The van der Waals surface area contributed by atoms with Crippen molar-refractivity contribution in [3.05, 3.63) is 48.0 Å². The molecule has 3 N–H and O–H groups in total. The van der Waals surface area contributed by atoms with Crippen molar-refractivity contribution in [2.45, 2.75) is 6.92 Å². The number of aryl methyl sites for hydroxylation is 1. The molecule has 3 heteroatoms. The fourth-order valence-electron chi connectivity index (χ4n) is 1.56. The third-order valence-electron chi connectivity index (χ3n) is 2.66. The number of nitrogens with one attached hydrogen (secondary N) is 1. The van der Waals surface area contributed by atoms with Crippen molar-refractivity contribution in [2.24, 2.45) is 0 Å². The maximum atomic E-state index is 5.86. The Morgan fingerprint density at radius 2 is 1.65 bits per heavy atom. The number of benzene rings is 2. The fraction of sp³-hybridized carbons (Fsp3) is 0.143. The van der Waals surface area contributed by atoms with Gasteiger partial charge in [0.2, 0.25) is 0 Å². The Kier molecular flexibility index (Phi) is 3.19. The van der Waals surface area contributed by atoms with E-state index >= 15 is 0 Å². The Hall–Kier alpha value is -2.16. The van der Waals surface area contributed by atoms with Crippen LogP contribution in [0.1, 0.15) is 5.56 Å². The minimum absolute atomic E-state index is 0.795. The van der Waals surface area contributed by atoms with Crippen LogP contribution >= 0.6 is 0 Å². The molecular formula is C14H16N2O. The lowest BCUT2D eigenvalue weighted by Gasteiger charge is -2.09. The lowest BCUT2D eigenvalue weighted by Crippen LogP contribution is -1.94. The molecule has 0 aliphatic heterocycles. The number of hydrogen-bond acceptors (Lipinski definition) is 3. The first-order chi connectivity index (χ1) is 8.19. The normalized spacial score (nSPS) is 10.0. The molecule has 0 spiro atoms. The molecule has 0 saturated carbocycles. The Balaban J connectivity index is 2.16. The van der Waals surface area contributed by atoms with Gasteiger partial charge >= 0.3 is 0 Å². The number of nitrogen functional groups attached to an aromatic ring is 1. The second kappa shape index (κ2) is 4.78. The summed E-state index contributed by atoms with van der Waals surface area (Å²) >= 11 is 0. The van der Waals surface area contributed by atoms with Gasteiger partial charge in [-0.3, -0.25) is 0 Å². The zero-order valence-corrected chi connectivity index (χ0v) is 10.0. The second-order valence-corrected chi connectivity index (χ2v) is 3.92. The molecular weight excluding hydrogens is 212 g/mol. The highest BCUT2D eigenvalue weighted by molar-refractivity contribution is 5.65. The van der Waals surface area contributed by atoms with Crippen molar-refractivity contribution in [1.82, 2.24) is 0 Å². The highest BCUT2D eigenvalue weighted by Gasteiger charge is 1.98. The van der Waals surface area contributed by atoms with Crippen LogP contribution in [0.15, 0.2) is 42.5 Å². The Morgan fingerprint density at radius 3 is 2.24 bits per heavy atom. The third-order valence-corrected chi connectivity index (χ3v) is 2.66. The maximum absolute atomic E-state index is 5.86. The van der Waals surface area contributed by atoms with Gasteiger partial charge < -0.3 is 15.8 Å². The summed E-state index contributed by atoms with van der Waals surface area (Å²) in [6.45, 7) is 1.99. The van der Waals surface area contributed by atoms with E-state index in [-0.39, 0.29) is 0 Å². The quantitative estimate of drug-likeness (QED) is 0.792. The molecule has 88 valence electrons. The number of rotatable bonds is 3. The van der Waals surface area contributed by atoms with E-state index in [1.807, 2.05) is 49.4 Å². The fourth-order valence-corrected chi connectivity index (χ4v) is 1.56. The molecule has 0 unspecified atom stereocenters. The number of ether oxygens (including phenoxy) is 1. The first-order valence-electron chi connectivity index (χ1n) is 5.46. The van der Waals surface area contributed by atoms with E-state index < -0.39 is 0 Å². The van der Waals surface area contributed by atoms with Crippen LogP contribution in [0.25, 0.3) is 0 Å². The summed E-state index contributed by atoms with van der Waals surface area (Å²) in [6, 6.07) is 13.7. The van der Waals surface area contributed by atoms with Crippen molar-refractivity contribution in [1.29, 1.82) is 0 Å². The van der Waals surface area contributed by atoms with E-state index in [0.29, 0.717) is 0 Å². The Morgan fingerprint density at radius 1 is 1.00 bits per heavy atom. The van der Waals surface area contributed by atoms with E-state index in [2.05, 4.69) is 5.32 Å². The van der Waals surface area contributed by atoms with Crippen LogP contribution in [0.5, 0.6) is 5.75 Å². The van der Waals surface area contributed by atoms with Crippen molar-refractivity contribution >= 4 is 17.1 Å². The summed E-state index contributed by atoms with van der Waals surface area (Å²) in [6.07, 6.45) is 0. The lowest BCUT2D eigenvalue weighted by molar-refractivity contribution is 0.415. The highest BCUT2D eigenvalue weighted by Crippen LogP contribution is 2.22. The molecule has 0 heterocycles. The van der Waals surface area contributed by atoms with Crippen LogP contribution in [-0.2, 0) is 0 Å². The van der Waals surface area contributed by atoms with Crippen molar-refractivity contribution in [3.63, 3.8) is 0 Å². The topological polar surface area (TPSA) is 47.3 Å². The van der Waals surface area contributed by atoms with Crippen molar-refractivity contribution < 1.29 is 4.74 Å². The molecule has 2 aromatic rings. The molecule has 0 aliphatic carbocycles. The summed E-state index contributed by atoms with van der Waals surface area (Å²) in [5, 5.41) is 3.29. The van der Waals surface area contributed by atoms with E-state index in [4.69, 9.17) is 10.5 Å². The van der Waals surface area contributed by atoms with Crippen LogP contribution in [-0.4, -0.2) is 7.11 Å². The monoisotopic (exact) mass is 228 g/mol. The highest BCUT2D eigenvalue weighted by atomic mass is 16.5. The van der Waals surface area contributed by atoms with Gasteiger partial charge in [-0.1, -0.05) is 6.07 Å². The molecule has 0 aliphatic rings. The third kappa shape index (κ3) is 2.69. The van der Waals surface area contributed by atoms with E-state index in [1.54, 1.807) is 7.11 Å². The summed E-state index contributed by atoms with van der Waals surface area (Å²) in [5.41, 5.74) is 9.74. The van der Waals surface area contributed by atoms with Gasteiger partial charge in [-0.25, -0.2) is 0 Å². The van der Waals surface area contributed by atoms with Gasteiger partial charge in [-0.15, -0.1) is 0 Å². The number of methoxy groups -OCH3 is 1. The Bertz CT molecular complexity index is 506. The zero-order valence-electron chi connectivity index (χ0n) is 10.0. The Labute approximate surface area is 101 Å². The molecule has 2 aromatic carbocycles. The van der Waals surface area contributed by atoms with Crippen LogP contribution in [0, 0.1) is 6.92 Å². The van der Waals surface area contributed by atoms with Crippen LogP contribution in [0.3, 0.4) is 0 Å². The van der Waals surface area contributed by atoms with E-state index in [9.17, 15) is 0 Å². The van der Waals surface area contributed by atoms with Gasteiger partial charge in [0.15, 0.2) is 0 Å². The van der Waals surface area contributed by atoms with Gasteiger partial charge in [0.1, 0.15) is 5.75 Å². The van der Waals surface area contributed by atoms with Crippen LogP contribution in [0.4, 0.5) is 17.1 Å². The zero-order chi connectivity index (χ0) is 12.3. The molecule has 0 atom stereocenters. The predicted molar refractivity (Wildman–Crippen MR) is 71.9 cm³/mol. The standard InChI is InChI=1S/C14H16N2O/c1-10-3-4-12(9-14(10)15)16-11-5-7-13(17-2)8-6-11/h3-9,16H,15H2,1-2H3.